The summed E-state index contributed by atoms with van der Waals surface area (Å²) in [7, 11) is 0. The van der Waals surface area contributed by atoms with Gasteiger partial charge in [0.1, 0.15) is 30.1 Å². The predicted molar refractivity (Wildman–Crippen MR) is 108 cm³/mol. The van der Waals surface area contributed by atoms with Crippen molar-refractivity contribution < 1.29 is 19.0 Å². The van der Waals surface area contributed by atoms with Gasteiger partial charge in [0.15, 0.2) is 0 Å². The minimum Gasteiger partial charge on any atom is -0.491 e. The molecular weight excluding hydrogens is 383 g/mol. The molecule has 1 fully saturated rings. The molecule has 1 aliphatic heterocycles. The van der Waals surface area contributed by atoms with E-state index >= 15 is 0 Å². The van der Waals surface area contributed by atoms with E-state index in [1.807, 2.05) is 24.3 Å². The van der Waals surface area contributed by atoms with Gasteiger partial charge in [-0.15, -0.1) is 12.4 Å². The molecule has 4 rings (SSSR count). The Labute approximate surface area is 169 Å². The van der Waals surface area contributed by atoms with E-state index in [2.05, 4.69) is 4.57 Å². The largest absolute Gasteiger partial charge is 0.491 e. The number of hydrogen-bond acceptors (Lipinski definition) is 4. The van der Waals surface area contributed by atoms with Gasteiger partial charge in [-0.3, -0.25) is 0 Å². The Morgan fingerprint density at radius 2 is 1.86 bits per heavy atom. The van der Waals surface area contributed by atoms with Gasteiger partial charge in [-0.05, 0) is 49.2 Å². The summed E-state index contributed by atoms with van der Waals surface area (Å²) in [6.45, 7) is 2.01. The molecule has 0 bridgehead atoms. The van der Waals surface area contributed by atoms with Gasteiger partial charge in [-0.25, -0.2) is 9.37 Å². The van der Waals surface area contributed by atoms with E-state index in [4.69, 9.17) is 14.5 Å². The van der Waals surface area contributed by atoms with Gasteiger partial charge in [-0.1, -0.05) is 12.1 Å². The molecule has 1 unspecified atom stereocenters. The normalized spacial score (nSPS) is 15.9. The number of rotatable bonds is 6. The average molecular weight is 407 g/mol. The van der Waals surface area contributed by atoms with Gasteiger partial charge >= 0.3 is 0 Å². The molecule has 0 radical (unpaired) electrons. The third-order valence-corrected chi connectivity index (χ3v) is 4.92. The van der Waals surface area contributed by atoms with Gasteiger partial charge in [0.05, 0.1) is 17.6 Å². The maximum absolute atomic E-state index is 13.0. The van der Waals surface area contributed by atoms with E-state index in [0.717, 1.165) is 42.9 Å². The molecule has 5 nitrogen and oxygen atoms in total. The van der Waals surface area contributed by atoms with Crippen molar-refractivity contribution in [1.29, 1.82) is 0 Å². The monoisotopic (exact) mass is 406 g/mol. The van der Waals surface area contributed by atoms with Gasteiger partial charge < -0.3 is 19.1 Å². The van der Waals surface area contributed by atoms with E-state index in [-0.39, 0.29) is 24.8 Å². The fraction of sp³-hybridized carbons (Fsp3) is 0.381. The number of nitrogens with zero attached hydrogens (tertiary/aromatic N) is 2. The number of benzene rings is 2. The van der Waals surface area contributed by atoms with E-state index < -0.39 is 6.10 Å². The molecule has 0 aliphatic carbocycles. The molecule has 1 aromatic heterocycles. The van der Waals surface area contributed by atoms with Crippen LogP contribution in [-0.4, -0.2) is 40.6 Å². The number of halogens is 2. The lowest BCUT2D eigenvalue weighted by Gasteiger charge is -2.23. The molecule has 2 heterocycles. The third kappa shape index (κ3) is 4.63. The Morgan fingerprint density at radius 3 is 2.61 bits per heavy atom. The Hall–Kier alpha value is -2.15. The lowest BCUT2D eigenvalue weighted by Crippen LogP contribution is -2.26. The molecule has 2 aromatic carbocycles. The molecule has 1 atom stereocenters. The standard InChI is InChI=1S/C21H23FN2O3.ClH/c22-16-5-7-18(8-6-16)27-14-17(25)13-24-20-4-2-1-3-19(20)23-21(24)15-9-11-26-12-10-15;/h1-8,15,17,25H,9-14H2;1H. The van der Waals surface area contributed by atoms with Crippen molar-refractivity contribution in [3.05, 3.63) is 60.2 Å². The Balaban J connectivity index is 0.00000225. The molecule has 3 aromatic rings. The fourth-order valence-corrected chi connectivity index (χ4v) is 3.54. The van der Waals surface area contributed by atoms with E-state index in [1.165, 1.54) is 12.1 Å². The van der Waals surface area contributed by atoms with Gasteiger partial charge in [0.2, 0.25) is 0 Å². The average Bonchev–Trinajstić information content (AvgIpc) is 3.07. The lowest BCUT2D eigenvalue weighted by molar-refractivity contribution is 0.0780. The second-order valence-corrected chi connectivity index (χ2v) is 6.87. The van der Waals surface area contributed by atoms with Crippen molar-refractivity contribution in [3.63, 3.8) is 0 Å². The van der Waals surface area contributed by atoms with Crippen LogP contribution in [0.4, 0.5) is 4.39 Å². The summed E-state index contributed by atoms with van der Waals surface area (Å²) >= 11 is 0. The lowest BCUT2D eigenvalue weighted by atomic mass is 9.99. The fourth-order valence-electron chi connectivity index (χ4n) is 3.54. The number of para-hydroxylation sites is 2. The van der Waals surface area contributed by atoms with Crippen molar-refractivity contribution in [2.24, 2.45) is 0 Å². The van der Waals surface area contributed by atoms with Crippen LogP contribution in [-0.2, 0) is 11.3 Å². The molecule has 28 heavy (non-hydrogen) atoms. The zero-order chi connectivity index (χ0) is 18.6. The van der Waals surface area contributed by atoms with Crippen LogP contribution < -0.4 is 4.74 Å². The minimum atomic E-state index is -0.703. The van der Waals surface area contributed by atoms with Crippen LogP contribution in [0.3, 0.4) is 0 Å². The van der Waals surface area contributed by atoms with Crippen molar-refractivity contribution in [1.82, 2.24) is 9.55 Å². The number of aliphatic hydroxyl groups excluding tert-OH is 1. The summed E-state index contributed by atoms with van der Waals surface area (Å²) in [4.78, 5) is 4.83. The van der Waals surface area contributed by atoms with E-state index in [9.17, 15) is 9.50 Å². The van der Waals surface area contributed by atoms with Crippen LogP contribution in [0.1, 0.15) is 24.6 Å². The van der Waals surface area contributed by atoms with E-state index in [0.29, 0.717) is 18.2 Å². The third-order valence-electron chi connectivity index (χ3n) is 4.92. The molecule has 1 aliphatic rings. The first-order valence-electron chi connectivity index (χ1n) is 9.30. The molecule has 0 saturated carbocycles. The number of imidazole rings is 1. The second-order valence-electron chi connectivity index (χ2n) is 6.87. The summed E-state index contributed by atoms with van der Waals surface area (Å²) in [6.07, 6.45) is 1.17. The highest BCUT2D eigenvalue weighted by molar-refractivity contribution is 5.85. The van der Waals surface area contributed by atoms with Gasteiger partial charge in [0, 0.05) is 19.1 Å². The summed E-state index contributed by atoms with van der Waals surface area (Å²) in [6, 6.07) is 13.8. The molecule has 1 N–H and O–H groups in total. The van der Waals surface area contributed by atoms with Crippen LogP contribution in [0.15, 0.2) is 48.5 Å². The number of ether oxygens (including phenoxy) is 2. The first-order chi connectivity index (χ1) is 13.2. The second kappa shape index (κ2) is 9.37. The number of aliphatic hydroxyl groups is 1. The van der Waals surface area contributed by atoms with Crippen LogP contribution in [0, 0.1) is 5.82 Å². The smallest absolute Gasteiger partial charge is 0.123 e. The van der Waals surface area contributed by atoms with Crippen molar-refractivity contribution >= 4 is 23.4 Å². The number of hydrogen-bond donors (Lipinski definition) is 1. The summed E-state index contributed by atoms with van der Waals surface area (Å²) < 4.78 is 26.2. The number of fused-ring (bicyclic) bond motifs is 1. The molecule has 7 heteroatoms. The van der Waals surface area contributed by atoms with E-state index in [1.54, 1.807) is 12.1 Å². The van der Waals surface area contributed by atoms with Crippen LogP contribution in [0.5, 0.6) is 5.75 Å². The number of aromatic nitrogens is 2. The highest BCUT2D eigenvalue weighted by Gasteiger charge is 2.24. The summed E-state index contributed by atoms with van der Waals surface area (Å²) in [5.74, 6) is 1.56. The van der Waals surface area contributed by atoms with Crippen LogP contribution >= 0.6 is 12.4 Å². The first-order valence-corrected chi connectivity index (χ1v) is 9.30. The molecule has 1 saturated heterocycles. The SMILES string of the molecule is Cl.OC(COc1ccc(F)cc1)Cn1c(C2CCOCC2)nc2ccccc21. The Bertz CT molecular complexity index is 894. The van der Waals surface area contributed by atoms with Gasteiger partial charge in [-0.2, -0.15) is 0 Å². The highest BCUT2D eigenvalue weighted by Crippen LogP contribution is 2.29. The zero-order valence-corrected chi connectivity index (χ0v) is 16.3. The van der Waals surface area contributed by atoms with Gasteiger partial charge in [0.25, 0.3) is 0 Å². The Kier molecular flexibility index (Phi) is 6.88. The topological polar surface area (TPSA) is 56.5 Å². The molecule has 150 valence electrons. The maximum Gasteiger partial charge on any atom is 0.123 e. The maximum atomic E-state index is 13.0. The highest BCUT2D eigenvalue weighted by atomic mass is 35.5. The van der Waals surface area contributed by atoms with Crippen molar-refractivity contribution in [3.8, 4) is 5.75 Å². The quantitative estimate of drug-likeness (QED) is 0.673. The summed E-state index contributed by atoms with van der Waals surface area (Å²) in [5, 5.41) is 10.5. The molecular formula is C21H24ClFN2O3. The summed E-state index contributed by atoms with van der Waals surface area (Å²) in [5.41, 5.74) is 1.95. The first kappa shape index (κ1) is 20.6. The Morgan fingerprint density at radius 1 is 1.14 bits per heavy atom. The molecule has 0 amide bonds. The minimum absolute atomic E-state index is 0. The molecule has 0 spiro atoms. The predicted octanol–water partition coefficient (Wildman–Crippen LogP) is 3.93. The van der Waals surface area contributed by atoms with Crippen LogP contribution in [0.2, 0.25) is 0 Å². The van der Waals surface area contributed by atoms with Crippen molar-refractivity contribution in [2.75, 3.05) is 19.8 Å². The zero-order valence-electron chi connectivity index (χ0n) is 15.5. The van der Waals surface area contributed by atoms with Crippen molar-refractivity contribution in [2.45, 2.75) is 31.4 Å². The van der Waals surface area contributed by atoms with Crippen LogP contribution in [0.25, 0.3) is 11.0 Å².